The summed E-state index contributed by atoms with van der Waals surface area (Å²) in [7, 11) is 0. The van der Waals surface area contributed by atoms with Crippen molar-refractivity contribution >= 4 is 5.78 Å². The van der Waals surface area contributed by atoms with Gasteiger partial charge in [-0.1, -0.05) is 0 Å². The summed E-state index contributed by atoms with van der Waals surface area (Å²) in [6.07, 6.45) is -0.569. The molecular formula is C5H8O4. The quantitative estimate of drug-likeness (QED) is 0.511. The molecule has 0 aliphatic carbocycles. The van der Waals surface area contributed by atoms with Gasteiger partial charge >= 0.3 is 0 Å². The van der Waals surface area contributed by atoms with Gasteiger partial charge < -0.3 is 14.6 Å². The summed E-state index contributed by atoms with van der Waals surface area (Å²) in [5.74, 6) is -0.119. The van der Waals surface area contributed by atoms with Crippen LogP contribution in [0.5, 0.6) is 0 Å². The van der Waals surface area contributed by atoms with Gasteiger partial charge in [-0.25, -0.2) is 0 Å². The maximum Gasteiger partial charge on any atom is 0.269 e. The average molecular weight is 132 g/mol. The van der Waals surface area contributed by atoms with Gasteiger partial charge in [-0.3, -0.25) is 4.79 Å². The molecule has 1 fully saturated rings. The number of carbonyl (C=O) groups excluding carboxylic acids is 1. The highest BCUT2D eigenvalue weighted by Crippen LogP contribution is 2.08. The molecule has 52 valence electrons. The largest absolute Gasteiger partial charge is 0.346 e. The zero-order valence-electron chi connectivity index (χ0n) is 5.03. The molecule has 0 aromatic rings. The standard InChI is InChI=1S/C5H8O4/c1-3(6)4-2-8-5(7)9-4/h4-5,7H,2H2,1H3. The van der Waals surface area contributed by atoms with Crippen molar-refractivity contribution in [2.24, 2.45) is 0 Å². The van der Waals surface area contributed by atoms with Crippen LogP contribution in [-0.4, -0.2) is 30.1 Å². The van der Waals surface area contributed by atoms with Crippen molar-refractivity contribution in [3.8, 4) is 0 Å². The van der Waals surface area contributed by atoms with Gasteiger partial charge in [0.1, 0.15) is 6.10 Å². The molecule has 1 aliphatic rings. The van der Waals surface area contributed by atoms with E-state index >= 15 is 0 Å². The van der Waals surface area contributed by atoms with Crippen LogP contribution in [0.2, 0.25) is 0 Å². The third-order valence-electron chi connectivity index (χ3n) is 1.12. The molecule has 9 heavy (non-hydrogen) atoms. The summed E-state index contributed by atoms with van der Waals surface area (Å²) >= 11 is 0. The van der Waals surface area contributed by atoms with E-state index in [-0.39, 0.29) is 12.4 Å². The van der Waals surface area contributed by atoms with Crippen molar-refractivity contribution in [1.29, 1.82) is 0 Å². The van der Waals surface area contributed by atoms with Gasteiger partial charge in [0.25, 0.3) is 6.48 Å². The number of Topliss-reactive ketones (excluding diaryl/α,β-unsaturated/α-hetero) is 1. The Kier molecular flexibility index (Phi) is 1.80. The van der Waals surface area contributed by atoms with E-state index in [1.807, 2.05) is 0 Å². The summed E-state index contributed by atoms with van der Waals surface area (Å²) in [6, 6.07) is 0. The third-order valence-corrected chi connectivity index (χ3v) is 1.12. The van der Waals surface area contributed by atoms with Crippen molar-refractivity contribution < 1.29 is 19.4 Å². The zero-order valence-corrected chi connectivity index (χ0v) is 5.03. The Bertz CT molecular complexity index is 122. The molecule has 1 N–H and O–H groups in total. The lowest BCUT2D eigenvalue weighted by molar-refractivity contribution is -0.204. The Balaban J connectivity index is 2.39. The second-order valence-electron chi connectivity index (χ2n) is 1.88. The minimum absolute atomic E-state index is 0.119. The number of rotatable bonds is 1. The number of hydrogen-bond donors (Lipinski definition) is 1. The molecule has 0 radical (unpaired) electrons. The first-order chi connectivity index (χ1) is 4.20. The lowest BCUT2D eigenvalue weighted by atomic mass is 10.3. The SMILES string of the molecule is CC(=O)C1COC(O)O1. The maximum absolute atomic E-state index is 10.5. The normalized spacial score (nSPS) is 34.9. The fraction of sp³-hybridized carbons (Fsp3) is 0.800. The van der Waals surface area contributed by atoms with Crippen molar-refractivity contribution in [1.82, 2.24) is 0 Å². The molecule has 2 unspecified atom stereocenters. The first-order valence-electron chi connectivity index (χ1n) is 2.66. The van der Waals surface area contributed by atoms with Gasteiger partial charge in [0.15, 0.2) is 5.78 Å². The molecule has 1 heterocycles. The molecule has 0 amide bonds. The molecular weight excluding hydrogens is 124 g/mol. The number of carbonyl (C=O) groups is 1. The maximum atomic E-state index is 10.5. The molecule has 0 aromatic heterocycles. The fourth-order valence-corrected chi connectivity index (χ4v) is 0.602. The van der Waals surface area contributed by atoms with E-state index in [0.29, 0.717) is 0 Å². The zero-order chi connectivity index (χ0) is 6.85. The van der Waals surface area contributed by atoms with Crippen molar-refractivity contribution in [3.05, 3.63) is 0 Å². The number of ketones is 1. The van der Waals surface area contributed by atoms with E-state index in [1.165, 1.54) is 6.92 Å². The van der Waals surface area contributed by atoms with Crippen LogP contribution in [0.25, 0.3) is 0 Å². The molecule has 4 heteroatoms. The van der Waals surface area contributed by atoms with Crippen molar-refractivity contribution in [3.63, 3.8) is 0 Å². The van der Waals surface area contributed by atoms with Crippen LogP contribution in [-0.2, 0) is 14.3 Å². The molecule has 0 spiro atoms. The van der Waals surface area contributed by atoms with Crippen LogP contribution < -0.4 is 0 Å². The predicted molar refractivity (Wildman–Crippen MR) is 27.5 cm³/mol. The molecule has 0 saturated carbocycles. The van der Waals surface area contributed by atoms with Gasteiger partial charge in [-0.2, -0.15) is 0 Å². The highest BCUT2D eigenvalue weighted by atomic mass is 16.8. The molecule has 1 rings (SSSR count). The van der Waals surface area contributed by atoms with Gasteiger partial charge in [-0.05, 0) is 6.92 Å². The van der Waals surface area contributed by atoms with Gasteiger partial charge in [0.2, 0.25) is 0 Å². The van der Waals surface area contributed by atoms with Crippen LogP contribution in [0.3, 0.4) is 0 Å². The second-order valence-corrected chi connectivity index (χ2v) is 1.88. The smallest absolute Gasteiger partial charge is 0.269 e. The molecule has 0 bridgehead atoms. The molecule has 4 nitrogen and oxygen atoms in total. The Morgan fingerprint density at radius 1 is 1.78 bits per heavy atom. The minimum atomic E-state index is -1.21. The van der Waals surface area contributed by atoms with Crippen molar-refractivity contribution in [2.75, 3.05) is 6.61 Å². The summed E-state index contributed by atoms with van der Waals surface area (Å²) in [4.78, 5) is 10.5. The van der Waals surface area contributed by atoms with E-state index in [0.717, 1.165) is 0 Å². The van der Waals surface area contributed by atoms with Gasteiger partial charge in [0.05, 0.1) is 6.61 Å². The Hall–Kier alpha value is -0.450. The number of aliphatic hydroxyl groups excluding tert-OH is 1. The lowest BCUT2D eigenvalue weighted by Crippen LogP contribution is -2.20. The molecule has 1 aliphatic heterocycles. The van der Waals surface area contributed by atoms with Crippen LogP contribution in [0.4, 0.5) is 0 Å². The predicted octanol–water partition coefficient (Wildman–Crippen LogP) is -0.733. The first-order valence-corrected chi connectivity index (χ1v) is 2.66. The molecule has 1 saturated heterocycles. The summed E-state index contributed by atoms with van der Waals surface area (Å²) in [5.41, 5.74) is 0. The highest BCUT2D eigenvalue weighted by Gasteiger charge is 2.27. The van der Waals surface area contributed by atoms with E-state index in [9.17, 15) is 4.79 Å². The second kappa shape index (κ2) is 2.43. The third kappa shape index (κ3) is 1.48. The first kappa shape index (κ1) is 6.67. The van der Waals surface area contributed by atoms with Crippen LogP contribution in [0.1, 0.15) is 6.92 Å². The van der Waals surface area contributed by atoms with E-state index in [2.05, 4.69) is 9.47 Å². The highest BCUT2D eigenvalue weighted by molar-refractivity contribution is 5.80. The van der Waals surface area contributed by atoms with Crippen LogP contribution in [0.15, 0.2) is 0 Å². The number of aliphatic hydroxyl groups is 1. The molecule has 0 aromatic carbocycles. The number of ether oxygens (including phenoxy) is 2. The van der Waals surface area contributed by atoms with E-state index < -0.39 is 12.6 Å². The van der Waals surface area contributed by atoms with E-state index in [4.69, 9.17) is 5.11 Å². The Labute approximate surface area is 52.4 Å². The Morgan fingerprint density at radius 3 is 2.67 bits per heavy atom. The summed E-state index contributed by atoms with van der Waals surface area (Å²) < 4.78 is 9.15. The number of hydrogen-bond acceptors (Lipinski definition) is 4. The monoisotopic (exact) mass is 132 g/mol. The van der Waals surface area contributed by atoms with Crippen LogP contribution >= 0.6 is 0 Å². The topological polar surface area (TPSA) is 55.8 Å². The minimum Gasteiger partial charge on any atom is -0.346 e. The van der Waals surface area contributed by atoms with Gasteiger partial charge in [-0.15, -0.1) is 0 Å². The average Bonchev–Trinajstić information content (AvgIpc) is 2.14. The van der Waals surface area contributed by atoms with Crippen LogP contribution in [0, 0.1) is 0 Å². The Morgan fingerprint density at radius 2 is 2.44 bits per heavy atom. The lowest BCUT2D eigenvalue weighted by Gasteiger charge is -2.00. The van der Waals surface area contributed by atoms with E-state index in [1.54, 1.807) is 0 Å². The fourth-order valence-electron chi connectivity index (χ4n) is 0.602. The summed E-state index contributed by atoms with van der Waals surface area (Å²) in [5, 5.41) is 8.55. The van der Waals surface area contributed by atoms with Gasteiger partial charge in [0, 0.05) is 0 Å². The van der Waals surface area contributed by atoms with Crippen molar-refractivity contribution in [2.45, 2.75) is 19.5 Å². The molecule has 2 atom stereocenters. The summed E-state index contributed by atoms with van der Waals surface area (Å²) in [6.45, 7) is 0.349.